The van der Waals surface area contributed by atoms with Crippen molar-refractivity contribution in [3.05, 3.63) is 54.1 Å². The van der Waals surface area contributed by atoms with E-state index < -0.39 is 11.9 Å². The molecule has 1 aliphatic rings. The number of rotatable bonds is 2. The lowest BCUT2D eigenvalue weighted by molar-refractivity contribution is 0.0937. The van der Waals surface area contributed by atoms with Gasteiger partial charge in [0.1, 0.15) is 0 Å². The van der Waals surface area contributed by atoms with Gasteiger partial charge in [-0.1, -0.05) is 18.2 Å². The second-order valence-corrected chi connectivity index (χ2v) is 4.47. The summed E-state index contributed by atoms with van der Waals surface area (Å²) in [4.78, 5) is 23.6. The second kappa shape index (κ2) is 6.04. The van der Waals surface area contributed by atoms with Crippen molar-refractivity contribution in [2.75, 3.05) is 12.1 Å². The van der Waals surface area contributed by atoms with Crippen LogP contribution in [0.3, 0.4) is 0 Å². The molecular formula is C15H13N3O4. The number of hydrogen-bond acceptors (Lipinski definition) is 4. The van der Waals surface area contributed by atoms with Gasteiger partial charge in [0.15, 0.2) is 11.5 Å². The van der Waals surface area contributed by atoms with Crippen LogP contribution < -0.4 is 25.6 Å². The van der Waals surface area contributed by atoms with Gasteiger partial charge in [-0.3, -0.25) is 10.2 Å². The number of fused-ring (bicyclic) bond motifs is 1. The van der Waals surface area contributed by atoms with Crippen LogP contribution in [-0.2, 0) is 0 Å². The van der Waals surface area contributed by atoms with Crippen LogP contribution in [0.1, 0.15) is 10.4 Å². The van der Waals surface area contributed by atoms with E-state index in [9.17, 15) is 9.59 Å². The Labute approximate surface area is 126 Å². The highest BCUT2D eigenvalue weighted by atomic mass is 16.7. The Bertz CT molecular complexity index is 703. The molecule has 0 fully saturated rings. The molecule has 0 bridgehead atoms. The Morgan fingerprint density at radius 2 is 1.68 bits per heavy atom. The molecule has 7 nitrogen and oxygen atoms in total. The van der Waals surface area contributed by atoms with Gasteiger partial charge < -0.3 is 14.8 Å². The van der Waals surface area contributed by atoms with Gasteiger partial charge >= 0.3 is 6.03 Å². The molecule has 2 aromatic carbocycles. The van der Waals surface area contributed by atoms with Crippen LogP contribution in [0, 0.1) is 0 Å². The maximum Gasteiger partial charge on any atom is 0.337 e. The zero-order chi connectivity index (χ0) is 15.4. The number of carbonyl (C=O) groups excluding carboxylic acids is 2. The summed E-state index contributed by atoms with van der Waals surface area (Å²) in [5.74, 6) is 0.634. The number of para-hydroxylation sites is 1. The van der Waals surface area contributed by atoms with E-state index in [0.717, 1.165) is 0 Å². The molecule has 22 heavy (non-hydrogen) atoms. The Morgan fingerprint density at radius 1 is 0.909 bits per heavy atom. The summed E-state index contributed by atoms with van der Waals surface area (Å²) in [6.45, 7) is 0.137. The molecular weight excluding hydrogens is 286 g/mol. The summed E-state index contributed by atoms with van der Waals surface area (Å²) < 4.78 is 10.4. The first-order valence-corrected chi connectivity index (χ1v) is 6.54. The fourth-order valence-corrected chi connectivity index (χ4v) is 1.91. The predicted octanol–water partition coefficient (Wildman–Crippen LogP) is 1.88. The molecule has 3 rings (SSSR count). The maximum absolute atomic E-state index is 12.0. The van der Waals surface area contributed by atoms with Gasteiger partial charge in [0.05, 0.1) is 0 Å². The molecule has 0 aliphatic carbocycles. The fourth-order valence-electron chi connectivity index (χ4n) is 1.91. The minimum Gasteiger partial charge on any atom is -0.454 e. The summed E-state index contributed by atoms with van der Waals surface area (Å²) in [6.07, 6.45) is 0. The highest BCUT2D eigenvalue weighted by Gasteiger charge is 2.16. The minimum atomic E-state index is -0.541. The van der Waals surface area contributed by atoms with Gasteiger partial charge in [-0.15, -0.1) is 0 Å². The molecule has 2 aromatic rings. The average Bonchev–Trinajstić information content (AvgIpc) is 3.01. The summed E-state index contributed by atoms with van der Waals surface area (Å²) >= 11 is 0. The number of nitrogens with one attached hydrogen (secondary N) is 3. The number of carbonyl (C=O) groups is 2. The van der Waals surface area contributed by atoms with Gasteiger partial charge in [-0.2, -0.15) is 0 Å². The first-order chi connectivity index (χ1) is 10.7. The lowest BCUT2D eigenvalue weighted by atomic mass is 10.2. The highest BCUT2D eigenvalue weighted by molar-refractivity contribution is 5.97. The van der Waals surface area contributed by atoms with Crippen LogP contribution in [0.4, 0.5) is 10.5 Å². The number of ether oxygens (including phenoxy) is 2. The average molecular weight is 299 g/mol. The number of benzene rings is 2. The first-order valence-electron chi connectivity index (χ1n) is 6.54. The number of hydrogen-bond donors (Lipinski definition) is 3. The van der Waals surface area contributed by atoms with E-state index in [-0.39, 0.29) is 6.79 Å². The van der Waals surface area contributed by atoms with Crippen molar-refractivity contribution >= 4 is 17.6 Å². The van der Waals surface area contributed by atoms with E-state index in [0.29, 0.717) is 22.7 Å². The molecule has 0 saturated heterocycles. The molecule has 0 spiro atoms. The number of anilines is 1. The molecule has 1 aliphatic heterocycles. The van der Waals surface area contributed by atoms with Gasteiger partial charge in [0.2, 0.25) is 6.79 Å². The maximum atomic E-state index is 12.0. The Balaban J connectivity index is 1.55. The largest absolute Gasteiger partial charge is 0.454 e. The monoisotopic (exact) mass is 299 g/mol. The zero-order valence-corrected chi connectivity index (χ0v) is 11.5. The molecule has 1 heterocycles. The van der Waals surface area contributed by atoms with Crippen LogP contribution in [0.15, 0.2) is 48.5 Å². The predicted molar refractivity (Wildman–Crippen MR) is 78.6 cm³/mol. The Kier molecular flexibility index (Phi) is 3.78. The Hall–Kier alpha value is -3.22. The van der Waals surface area contributed by atoms with Crippen LogP contribution >= 0.6 is 0 Å². The third kappa shape index (κ3) is 3.09. The van der Waals surface area contributed by atoms with Crippen molar-refractivity contribution in [3.63, 3.8) is 0 Å². The number of hydrazine groups is 1. The standard InChI is InChI=1S/C15H13N3O4/c19-14(10-6-7-12-13(8-10)22-9-21-12)17-18-15(20)16-11-4-2-1-3-5-11/h1-8H,9H2,(H,17,19)(H2,16,18,20). The molecule has 0 saturated carbocycles. The SMILES string of the molecule is O=C(NNC(=O)c1ccc2c(c1)OCO2)Nc1ccccc1. The van der Waals surface area contributed by atoms with Gasteiger partial charge in [0.25, 0.3) is 5.91 Å². The molecule has 3 N–H and O–H groups in total. The molecule has 3 amide bonds. The van der Waals surface area contributed by atoms with E-state index in [4.69, 9.17) is 9.47 Å². The quantitative estimate of drug-likeness (QED) is 0.739. The van der Waals surface area contributed by atoms with Gasteiger partial charge in [-0.05, 0) is 30.3 Å². The lowest BCUT2D eigenvalue weighted by Crippen LogP contribution is -2.43. The summed E-state index contributed by atoms with van der Waals surface area (Å²) in [6, 6.07) is 13.1. The molecule has 0 aromatic heterocycles. The molecule has 112 valence electrons. The van der Waals surface area contributed by atoms with E-state index in [1.165, 1.54) is 0 Å². The van der Waals surface area contributed by atoms with E-state index in [1.807, 2.05) is 6.07 Å². The zero-order valence-electron chi connectivity index (χ0n) is 11.5. The topological polar surface area (TPSA) is 88.7 Å². The molecule has 7 heteroatoms. The third-order valence-electron chi connectivity index (χ3n) is 2.96. The van der Waals surface area contributed by atoms with Gasteiger partial charge in [-0.25, -0.2) is 10.2 Å². The van der Waals surface area contributed by atoms with Crippen molar-refractivity contribution in [1.82, 2.24) is 10.9 Å². The van der Waals surface area contributed by atoms with E-state index in [2.05, 4.69) is 16.2 Å². The number of urea groups is 1. The normalized spacial score (nSPS) is 11.6. The van der Waals surface area contributed by atoms with Crippen LogP contribution in [0.5, 0.6) is 11.5 Å². The first kappa shape index (κ1) is 13.7. The van der Waals surface area contributed by atoms with Crippen LogP contribution in [0.2, 0.25) is 0 Å². The van der Waals surface area contributed by atoms with Crippen molar-refractivity contribution < 1.29 is 19.1 Å². The van der Waals surface area contributed by atoms with Crippen LogP contribution in [-0.4, -0.2) is 18.7 Å². The minimum absolute atomic E-state index is 0.137. The summed E-state index contributed by atoms with van der Waals surface area (Å²) in [5.41, 5.74) is 5.56. The van der Waals surface area contributed by atoms with Crippen molar-refractivity contribution in [2.45, 2.75) is 0 Å². The second-order valence-electron chi connectivity index (χ2n) is 4.47. The van der Waals surface area contributed by atoms with Crippen LogP contribution in [0.25, 0.3) is 0 Å². The summed E-state index contributed by atoms with van der Waals surface area (Å²) in [7, 11) is 0. The van der Waals surface area contributed by atoms with Gasteiger partial charge in [0, 0.05) is 11.3 Å². The van der Waals surface area contributed by atoms with Crippen molar-refractivity contribution in [2.24, 2.45) is 0 Å². The number of amides is 3. The van der Waals surface area contributed by atoms with Crippen molar-refractivity contribution in [3.8, 4) is 11.5 Å². The Morgan fingerprint density at radius 3 is 2.50 bits per heavy atom. The summed E-state index contributed by atoms with van der Waals surface area (Å²) in [5, 5.41) is 2.58. The van der Waals surface area contributed by atoms with E-state index >= 15 is 0 Å². The van der Waals surface area contributed by atoms with E-state index in [1.54, 1.807) is 42.5 Å². The highest BCUT2D eigenvalue weighted by Crippen LogP contribution is 2.32. The lowest BCUT2D eigenvalue weighted by Gasteiger charge is -2.09. The molecule has 0 atom stereocenters. The fraction of sp³-hybridized carbons (Fsp3) is 0.0667. The smallest absolute Gasteiger partial charge is 0.337 e. The van der Waals surface area contributed by atoms with Crippen molar-refractivity contribution in [1.29, 1.82) is 0 Å². The third-order valence-corrected chi connectivity index (χ3v) is 2.96. The molecule has 0 unspecified atom stereocenters. The molecule has 0 radical (unpaired) electrons.